The predicted molar refractivity (Wildman–Crippen MR) is 87.2 cm³/mol. The summed E-state index contributed by atoms with van der Waals surface area (Å²) in [7, 11) is 0. The van der Waals surface area contributed by atoms with Crippen LogP contribution in [0.25, 0.3) is 11.0 Å². The summed E-state index contributed by atoms with van der Waals surface area (Å²) in [4.78, 5) is 16.1. The Morgan fingerprint density at radius 3 is 2.70 bits per heavy atom. The summed E-state index contributed by atoms with van der Waals surface area (Å²) in [6.07, 6.45) is 0.683. The van der Waals surface area contributed by atoms with E-state index in [1.807, 2.05) is 30.3 Å². The number of aromatic nitrogens is 3. The van der Waals surface area contributed by atoms with Gasteiger partial charge in [-0.05, 0) is 23.8 Å². The van der Waals surface area contributed by atoms with Crippen LogP contribution in [0.15, 0.2) is 48.5 Å². The van der Waals surface area contributed by atoms with Gasteiger partial charge < -0.3 is 4.74 Å². The first-order valence-corrected chi connectivity index (χ1v) is 7.57. The lowest BCUT2D eigenvalue weighted by Gasteiger charge is -2.05. The van der Waals surface area contributed by atoms with Crippen LogP contribution in [0.4, 0.5) is 0 Å². The highest BCUT2D eigenvalue weighted by atomic mass is 35.5. The Morgan fingerprint density at radius 2 is 1.87 bits per heavy atom. The fraction of sp³-hybridized carbons (Fsp3) is 0.176. The van der Waals surface area contributed by atoms with Crippen molar-refractivity contribution in [3.63, 3.8) is 0 Å². The van der Waals surface area contributed by atoms with Crippen LogP contribution in [0.5, 0.6) is 0 Å². The van der Waals surface area contributed by atoms with E-state index in [1.54, 1.807) is 18.2 Å². The first kappa shape index (κ1) is 15.4. The average Bonchev–Trinajstić information content (AvgIpc) is 2.56. The minimum Gasteiger partial charge on any atom is -0.465 e. The molecule has 0 fully saturated rings. The van der Waals surface area contributed by atoms with Crippen LogP contribution in [0.3, 0.4) is 0 Å². The van der Waals surface area contributed by atoms with E-state index < -0.39 is 0 Å². The number of carbonyl (C=O) groups excluding carboxylic acids is 1. The van der Waals surface area contributed by atoms with Crippen LogP contribution < -0.4 is 0 Å². The lowest BCUT2D eigenvalue weighted by atomic mass is 10.2. The molecule has 2 aromatic carbocycles. The van der Waals surface area contributed by atoms with Crippen LogP contribution in [-0.4, -0.2) is 27.8 Å². The van der Waals surface area contributed by atoms with E-state index in [4.69, 9.17) is 16.3 Å². The summed E-state index contributed by atoms with van der Waals surface area (Å²) in [6, 6.07) is 15.0. The number of esters is 1. The smallest absolute Gasteiger partial charge is 0.313 e. The number of rotatable bonds is 5. The van der Waals surface area contributed by atoms with Crippen molar-refractivity contribution in [2.24, 2.45) is 0 Å². The van der Waals surface area contributed by atoms with Crippen molar-refractivity contribution in [1.29, 1.82) is 0 Å². The first-order valence-electron chi connectivity index (χ1n) is 7.19. The molecule has 0 unspecified atom stereocenters. The molecule has 0 aliphatic rings. The van der Waals surface area contributed by atoms with Crippen molar-refractivity contribution in [3.8, 4) is 0 Å². The number of halogens is 1. The number of ether oxygens (including phenoxy) is 1. The summed E-state index contributed by atoms with van der Waals surface area (Å²) < 4.78 is 5.21. The second-order valence-corrected chi connectivity index (χ2v) is 5.43. The Kier molecular flexibility index (Phi) is 4.78. The van der Waals surface area contributed by atoms with Gasteiger partial charge in [-0.15, -0.1) is 10.2 Å². The molecule has 3 aromatic rings. The number of fused-ring (bicyclic) bond motifs is 1. The molecule has 0 N–H and O–H groups in total. The molecule has 3 rings (SSSR count). The van der Waals surface area contributed by atoms with Gasteiger partial charge in [-0.1, -0.05) is 41.9 Å². The molecule has 0 aliphatic heterocycles. The van der Waals surface area contributed by atoms with E-state index in [2.05, 4.69) is 15.2 Å². The van der Waals surface area contributed by atoms with Crippen LogP contribution in [0.1, 0.15) is 11.4 Å². The van der Waals surface area contributed by atoms with E-state index in [-0.39, 0.29) is 12.4 Å². The average molecular weight is 328 g/mol. The van der Waals surface area contributed by atoms with Gasteiger partial charge in [-0.3, -0.25) is 4.79 Å². The second kappa shape index (κ2) is 7.15. The number of benzene rings is 2. The normalized spacial score (nSPS) is 10.7. The minimum absolute atomic E-state index is 0.000353. The van der Waals surface area contributed by atoms with Crippen molar-refractivity contribution in [3.05, 3.63) is 64.9 Å². The molecule has 5 nitrogen and oxygen atoms in total. The largest absolute Gasteiger partial charge is 0.465 e. The summed E-state index contributed by atoms with van der Waals surface area (Å²) in [5, 5.41) is 8.52. The standard InChI is InChI=1S/C17H14ClN3O2/c18-13-6-7-14-15(10-13)20-21-16(19-14)11-17(22)23-9-8-12-4-2-1-3-5-12/h1-7,10H,8-9,11H2. The minimum atomic E-state index is -0.365. The van der Waals surface area contributed by atoms with Gasteiger partial charge in [-0.2, -0.15) is 0 Å². The molecular weight excluding hydrogens is 314 g/mol. The molecule has 0 saturated carbocycles. The molecule has 0 radical (unpaired) electrons. The molecule has 0 aliphatic carbocycles. The van der Waals surface area contributed by atoms with Gasteiger partial charge >= 0.3 is 5.97 Å². The summed E-state index contributed by atoms with van der Waals surface area (Å²) in [6.45, 7) is 0.333. The predicted octanol–water partition coefficient (Wildman–Crippen LogP) is 3.01. The number of hydrogen-bond acceptors (Lipinski definition) is 5. The SMILES string of the molecule is O=C(Cc1nnc2cc(Cl)ccc2n1)OCCc1ccccc1. The van der Waals surface area contributed by atoms with Gasteiger partial charge in [0, 0.05) is 11.4 Å². The lowest BCUT2D eigenvalue weighted by molar-refractivity contribution is -0.142. The third-order valence-electron chi connectivity index (χ3n) is 3.26. The molecule has 0 saturated heterocycles. The maximum atomic E-state index is 11.8. The molecule has 1 heterocycles. The molecule has 116 valence electrons. The molecule has 0 atom stereocenters. The van der Waals surface area contributed by atoms with Gasteiger partial charge in [0.1, 0.15) is 11.9 Å². The lowest BCUT2D eigenvalue weighted by Crippen LogP contribution is -2.13. The highest BCUT2D eigenvalue weighted by Gasteiger charge is 2.09. The molecule has 23 heavy (non-hydrogen) atoms. The summed E-state index contributed by atoms with van der Waals surface area (Å²) >= 11 is 5.88. The maximum Gasteiger partial charge on any atom is 0.313 e. The molecule has 0 spiro atoms. The number of nitrogens with zero attached hydrogens (tertiary/aromatic N) is 3. The summed E-state index contributed by atoms with van der Waals surface area (Å²) in [5.74, 6) is -0.0272. The monoisotopic (exact) mass is 327 g/mol. The van der Waals surface area contributed by atoms with E-state index in [9.17, 15) is 4.79 Å². The molecular formula is C17H14ClN3O2. The third kappa shape index (κ3) is 4.23. The van der Waals surface area contributed by atoms with Gasteiger partial charge in [0.05, 0.1) is 12.1 Å². The van der Waals surface area contributed by atoms with Crippen LogP contribution in [-0.2, 0) is 22.4 Å². The van der Waals surface area contributed by atoms with Gasteiger partial charge in [0.25, 0.3) is 0 Å². The molecule has 0 amide bonds. The highest BCUT2D eigenvalue weighted by Crippen LogP contribution is 2.15. The van der Waals surface area contributed by atoms with E-state index >= 15 is 0 Å². The maximum absolute atomic E-state index is 11.8. The van der Waals surface area contributed by atoms with Crippen LogP contribution in [0, 0.1) is 0 Å². The zero-order valence-electron chi connectivity index (χ0n) is 12.3. The van der Waals surface area contributed by atoms with Crippen molar-refractivity contribution < 1.29 is 9.53 Å². The Hall–Kier alpha value is -2.53. The number of hydrogen-bond donors (Lipinski definition) is 0. The van der Waals surface area contributed by atoms with Gasteiger partial charge in [0.2, 0.25) is 0 Å². The Balaban J connectivity index is 1.56. The number of carbonyl (C=O) groups is 1. The Bertz CT molecular complexity index is 824. The van der Waals surface area contributed by atoms with E-state index in [1.165, 1.54) is 0 Å². The third-order valence-corrected chi connectivity index (χ3v) is 3.49. The zero-order valence-corrected chi connectivity index (χ0v) is 13.0. The van der Waals surface area contributed by atoms with Crippen molar-refractivity contribution in [2.45, 2.75) is 12.8 Å². The zero-order chi connectivity index (χ0) is 16.1. The van der Waals surface area contributed by atoms with E-state index in [0.717, 1.165) is 5.56 Å². The fourth-order valence-electron chi connectivity index (χ4n) is 2.13. The van der Waals surface area contributed by atoms with Crippen LogP contribution in [0.2, 0.25) is 5.02 Å². The second-order valence-electron chi connectivity index (χ2n) is 4.99. The van der Waals surface area contributed by atoms with Gasteiger partial charge in [-0.25, -0.2) is 4.98 Å². The Labute approximate surface area is 138 Å². The first-order chi connectivity index (χ1) is 11.2. The van der Waals surface area contributed by atoms with Gasteiger partial charge in [0.15, 0.2) is 5.82 Å². The fourth-order valence-corrected chi connectivity index (χ4v) is 2.29. The van der Waals surface area contributed by atoms with E-state index in [0.29, 0.717) is 34.9 Å². The molecule has 0 bridgehead atoms. The van der Waals surface area contributed by atoms with Crippen molar-refractivity contribution in [2.75, 3.05) is 6.61 Å². The van der Waals surface area contributed by atoms with Crippen LogP contribution >= 0.6 is 11.6 Å². The molecule has 6 heteroatoms. The molecule has 1 aromatic heterocycles. The topological polar surface area (TPSA) is 65.0 Å². The summed E-state index contributed by atoms with van der Waals surface area (Å²) in [5.41, 5.74) is 2.37. The Morgan fingerprint density at radius 1 is 1.04 bits per heavy atom. The van der Waals surface area contributed by atoms with Crippen molar-refractivity contribution >= 4 is 28.6 Å². The highest BCUT2D eigenvalue weighted by molar-refractivity contribution is 6.31. The quantitative estimate of drug-likeness (QED) is 0.674. The van der Waals surface area contributed by atoms with Crippen molar-refractivity contribution in [1.82, 2.24) is 15.2 Å².